The van der Waals surface area contributed by atoms with Gasteiger partial charge in [0.05, 0.1) is 25.3 Å². The number of anilines is 1. The Balaban J connectivity index is 1.58. The molecule has 0 spiro atoms. The van der Waals surface area contributed by atoms with Gasteiger partial charge in [0.25, 0.3) is 11.5 Å². The van der Waals surface area contributed by atoms with Crippen molar-refractivity contribution >= 4 is 22.4 Å². The molecule has 0 atom stereocenters. The molecule has 4 aromatic rings. The minimum atomic E-state index is -0.335. The Morgan fingerprint density at radius 1 is 0.973 bits per heavy atom. The number of methoxy groups -OCH3 is 2. The summed E-state index contributed by atoms with van der Waals surface area (Å²) in [7, 11) is 3.07. The van der Waals surface area contributed by atoms with Crippen LogP contribution in [-0.2, 0) is 0 Å². The first-order valence-corrected chi connectivity index (χ1v) is 12.3. The Morgan fingerprint density at radius 2 is 1.68 bits per heavy atom. The molecule has 1 heterocycles. The highest BCUT2D eigenvalue weighted by Crippen LogP contribution is 2.25. The number of ether oxygens (including phenoxy) is 2. The third-order valence-electron chi connectivity index (χ3n) is 6.24. The fraction of sp³-hybridized carbons (Fsp3) is 0.276. The Labute approximate surface area is 216 Å². The topological polar surface area (TPSA) is 85.7 Å². The van der Waals surface area contributed by atoms with Crippen LogP contribution in [0.4, 0.5) is 5.69 Å². The van der Waals surface area contributed by atoms with Gasteiger partial charge in [-0.15, -0.1) is 0 Å². The second-order valence-electron chi connectivity index (χ2n) is 8.71. The van der Waals surface area contributed by atoms with Crippen LogP contribution < -0.4 is 25.2 Å². The van der Waals surface area contributed by atoms with Crippen LogP contribution in [-0.4, -0.2) is 49.5 Å². The second-order valence-corrected chi connectivity index (χ2v) is 8.71. The number of hydrogen-bond donors (Lipinski definition) is 1. The summed E-state index contributed by atoms with van der Waals surface area (Å²) in [5.41, 5.74) is 2.67. The molecule has 0 saturated carbocycles. The number of aryl methyl sites for hydroxylation is 1. The molecule has 0 aliphatic rings. The average Bonchev–Trinajstić information content (AvgIpc) is 2.93. The predicted octanol–water partition coefficient (Wildman–Crippen LogP) is 4.36. The number of rotatable bonds is 10. The van der Waals surface area contributed by atoms with E-state index in [1.165, 1.54) is 30.2 Å². The van der Waals surface area contributed by atoms with E-state index in [0.29, 0.717) is 34.5 Å². The van der Waals surface area contributed by atoms with Crippen LogP contribution in [0.15, 0.2) is 71.5 Å². The summed E-state index contributed by atoms with van der Waals surface area (Å²) in [6.07, 6.45) is 0.762. The van der Waals surface area contributed by atoms with Crippen LogP contribution in [0.2, 0.25) is 0 Å². The van der Waals surface area contributed by atoms with Gasteiger partial charge in [-0.3, -0.25) is 9.59 Å². The lowest BCUT2D eigenvalue weighted by Crippen LogP contribution is -2.32. The maximum atomic E-state index is 13.3. The number of hydrogen-bond acceptors (Lipinski definition) is 6. The van der Waals surface area contributed by atoms with E-state index >= 15 is 0 Å². The van der Waals surface area contributed by atoms with Gasteiger partial charge in [0.15, 0.2) is 5.69 Å². The summed E-state index contributed by atoms with van der Waals surface area (Å²) in [6, 6.07) is 20.5. The van der Waals surface area contributed by atoms with Crippen molar-refractivity contribution in [2.24, 2.45) is 0 Å². The zero-order valence-electron chi connectivity index (χ0n) is 21.7. The van der Waals surface area contributed by atoms with Gasteiger partial charge in [-0.1, -0.05) is 30.3 Å². The van der Waals surface area contributed by atoms with Crippen molar-refractivity contribution in [2.75, 3.05) is 38.8 Å². The number of nitrogens with one attached hydrogen (secondary N) is 1. The Bertz CT molecular complexity index is 1440. The van der Waals surface area contributed by atoms with Gasteiger partial charge < -0.3 is 19.7 Å². The number of fused-ring (bicyclic) bond motifs is 1. The predicted molar refractivity (Wildman–Crippen MR) is 146 cm³/mol. The maximum absolute atomic E-state index is 13.3. The van der Waals surface area contributed by atoms with Crippen molar-refractivity contribution in [3.05, 3.63) is 88.3 Å². The Morgan fingerprint density at radius 3 is 2.32 bits per heavy atom. The van der Waals surface area contributed by atoms with Gasteiger partial charge in [-0.25, -0.2) is 0 Å². The van der Waals surface area contributed by atoms with E-state index in [1.54, 1.807) is 42.5 Å². The second kappa shape index (κ2) is 11.6. The lowest BCUT2D eigenvalue weighted by molar-refractivity contribution is 0.0948. The normalized spacial score (nSPS) is 10.8. The molecule has 0 aliphatic heterocycles. The van der Waals surface area contributed by atoms with Gasteiger partial charge in [0.2, 0.25) is 0 Å². The number of benzene rings is 3. The third kappa shape index (κ3) is 5.74. The first-order chi connectivity index (χ1) is 17.9. The van der Waals surface area contributed by atoms with Gasteiger partial charge in [0.1, 0.15) is 11.5 Å². The van der Waals surface area contributed by atoms with E-state index < -0.39 is 0 Å². The quantitative estimate of drug-likeness (QED) is 0.326. The Kier molecular flexibility index (Phi) is 8.08. The van der Waals surface area contributed by atoms with Crippen molar-refractivity contribution in [2.45, 2.75) is 20.3 Å². The molecule has 0 radical (unpaired) electrons. The molecule has 1 N–H and O–H groups in total. The molecule has 0 unspecified atom stereocenters. The molecule has 0 fully saturated rings. The fourth-order valence-electron chi connectivity index (χ4n) is 4.30. The summed E-state index contributed by atoms with van der Waals surface area (Å²) >= 11 is 0. The smallest absolute Gasteiger partial charge is 0.279 e. The van der Waals surface area contributed by atoms with Crippen LogP contribution in [0.1, 0.15) is 29.4 Å². The fourth-order valence-corrected chi connectivity index (χ4v) is 4.30. The molecule has 1 amide bonds. The van der Waals surface area contributed by atoms with Crippen LogP contribution in [0.5, 0.6) is 11.5 Å². The minimum absolute atomic E-state index is 0.183. The molecule has 8 nitrogen and oxygen atoms in total. The van der Waals surface area contributed by atoms with E-state index in [9.17, 15) is 9.59 Å². The molecule has 3 aromatic carbocycles. The van der Waals surface area contributed by atoms with E-state index in [4.69, 9.17) is 9.47 Å². The lowest BCUT2D eigenvalue weighted by atomic mass is 10.1. The van der Waals surface area contributed by atoms with Crippen LogP contribution >= 0.6 is 0 Å². The molecule has 4 rings (SSSR count). The van der Waals surface area contributed by atoms with E-state index in [2.05, 4.69) is 53.4 Å². The standard InChI is InChI=1S/C29H32N4O4/c1-5-32(21-11-8-10-20(2)16-21)15-9-14-30-28(34)27-25-12-6-7-13-26(25)29(35)33(31-27)22-17-23(36-3)19-24(18-22)37-4/h6-8,10-13,16-19H,5,9,14-15H2,1-4H3,(H,30,34). The summed E-state index contributed by atoms with van der Waals surface area (Å²) in [5.74, 6) is 0.686. The van der Waals surface area contributed by atoms with Gasteiger partial charge in [-0.05, 0) is 44.0 Å². The molecule has 37 heavy (non-hydrogen) atoms. The van der Waals surface area contributed by atoms with Gasteiger partial charge in [0, 0.05) is 48.9 Å². The maximum Gasteiger partial charge on any atom is 0.279 e. The molecule has 8 heteroatoms. The van der Waals surface area contributed by atoms with Crippen LogP contribution in [0, 0.1) is 6.92 Å². The molecular formula is C29H32N4O4. The number of amides is 1. The first-order valence-electron chi connectivity index (χ1n) is 12.3. The molecule has 1 aromatic heterocycles. The van der Waals surface area contributed by atoms with E-state index in [-0.39, 0.29) is 17.2 Å². The first kappa shape index (κ1) is 25.8. The summed E-state index contributed by atoms with van der Waals surface area (Å²) in [4.78, 5) is 28.9. The molecule has 0 saturated heterocycles. The van der Waals surface area contributed by atoms with Crippen molar-refractivity contribution in [1.82, 2.24) is 15.1 Å². The van der Waals surface area contributed by atoms with Crippen LogP contribution in [0.3, 0.4) is 0 Å². The highest BCUT2D eigenvalue weighted by atomic mass is 16.5. The van der Waals surface area contributed by atoms with Crippen molar-refractivity contribution in [3.8, 4) is 17.2 Å². The van der Waals surface area contributed by atoms with Crippen molar-refractivity contribution in [3.63, 3.8) is 0 Å². The largest absolute Gasteiger partial charge is 0.497 e. The zero-order chi connectivity index (χ0) is 26.4. The molecule has 0 aliphatic carbocycles. The number of aromatic nitrogens is 2. The van der Waals surface area contributed by atoms with Gasteiger partial charge in [-0.2, -0.15) is 9.78 Å². The molecule has 192 valence electrons. The molecule has 0 bridgehead atoms. The summed E-state index contributed by atoms with van der Waals surface area (Å²) in [5, 5.41) is 8.37. The van der Waals surface area contributed by atoms with Gasteiger partial charge >= 0.3 is 0 Å². The number of carbonyl (C=O) groups excluding carboxylic acids is 1. The van der Waals surface area contributed by atoms with E-state index in [1.807, 2.05) is 0 Å². The number of nitrogens with zero attached hydrogens (tertiary/aromatic N) is 3. The monoisotopic (exact) mass is 500 g/mol. The summed E-state index contributed by atoms with van der Waals surface area (Å²) in [6.45, 7) is 6.35. The van der Waals surface area contributed by atoms with Crippen molar-refractivity contribution < 1.29 is 14.3 Å². The Hall–Kier alpha value is -4.33. The van der Waals surface area contributed by atoms with E-state index in [0.717, 1.165) is 19.5 Å². The lowest BCUT2D eigenvalue weighted by Gasteiger charge is -2.23. The third-order valence-corrected chi connectivity index (χ3v) is 6.24. The zero-order valence-corrected chi connectivity index (χ0v) is 21.7. The van der Waals surface area contributed by atoms with Crippen molar-refractivity contribution in [1.29, 1.82) is 0 Å². The minimum Gasteiger partial charge on any atom is -0.497 e. The number of carbonyl (C=O) groups is 1. The summed E-state index contributed by atoms with van der Waals surface area (Å²) < 4.78 is 11.9. The highest BCUT2D eigenvalue weighted by Gasteiger charge is 2.18. The van der Waals surface area contributed by atoms with Crippen LogP contribution in [0.25, 0.3) is 16.5 Å². The molecular weight excluding hydrogens is 468 g/mol. The SMILES string of the molecule is CCN(CCCNC(=O)c1nn(-c2cc(OC)cc(OC)c2)c(=O)c2ccccc12)c1cccc(C)c1. The average molecular weight is 501 g/mol. The highest BCUT2D eigenvalue weighted by molar-refractivity contribution is 6.04.